The molecule has 8 nitrogen and oxygen atoms in total. The Morgan fingerprint density at radius 3 is 1.98 bits per heavy atom. The number of cyclic esters (lactones) is 1. The van der Waals surface area contributed by atoms with Gasteiger partial charge in [-0.2, -0.15) is 0 Å². The number of esters is 1. The summed E-state index contributed by atoms with van der Waals surface area (Å²) in [6.45, 7) is 6.80. The van der Waals surface area contributed by atoms with E-state index in [0.717, 1.165) is 56.1 Å². The summed E-state index contributed by atoms with van der Waals surface area (Å²) in [6, 6.07) is 0. The third-order valence-corrected chi connectivity index (χ3v) is 7.75. The molecule has 1 aromatic carbocycles. The second-order valence-electron chi connectivity index (χ2n) is 11.5. The minimum Gasteiger partial charge on any atom is -0.507 e. The van der Waals surface area contributed by atoms with Crippen LogP contribution in [-0.4, -0.2) is 43.1 Å². The standard InChI is InChI=1S/C39H54N2O6/c1-5-6-7-8-9-10-11-12-13-14-15-16-17-18-19-20-21-22-34(42)40-27-28-41-35(43)26-24-30(2)23-25-32-37(44)36-33(29-47-39(36)45)31(3)38(32)46-4/h6-7,9-10,12-13,15-16,18-19,23,44H,5,8,11,14,17,20-22,24-29H2,1-4H3,(H,40,42)(H,41,43)/b7-6-,10-9-,13-12-,16-15-,19-18-,30-23+. The highest BCUT2D eigenvalue weighted by Crippen LogP contribution is 2.42. The molecule has 0 unspecified atom stereocenters. The van der Waals surface area contributed by atoms with E-state index < -0.39 is 5.97 Å². The van der Waals surface area contributed by atoms with Gasteiger partial charge in [0, 0.05) is 37.1 Å². The Labute approximate surface area is 281 Å². The fourth-order valence-corrected chi connectivity index (χ4v) is 5.05. The highest BCUT2D eigenvalue weighted by Gasteiger charge is 2.31. The zero-order chi connectivity index (χ0) is 34.3. The second-order valence-corrected chi connectivity index (χ2v) is 11.5. The molecule has 0 aliphatic carbocycles. The van der Waals surface area contributed by atoms with Crippen molar-refractivity contribution in [3.05, 3.63) is 94.7 Å². The molecule has 47 heavy (non-hydrogen) atoms. The lowest BCUT2D eigenvalue weighted by Gasteiger charge is -2.15. The number of aromatic hydroxyl groups is 1. The van der Waals surface area contributed by atoms with Gasteiger partial charge in [-0.1, -0.05) is 79.3 Å². The van der Waals surface area contributed by atoms with Crippen LogP contribution in [0, 0.1) is 6.92 Å². The molecule has 2 rings (SSSR count). The summed E-state index contributed by atoms with van der Waals surface area (Å²) in [4.78, 5) is 36.5. The smallest absolute Gasteiger partial charge is 0.342 e. The van der Waals surface area contributed by atoms with Gasteiger partial charge in [-0.25, -0.2) is 4.79 Å². The van der Waals surface area contributed by atoms with Gasteiger partial charge in [0.25, 0.3) is 0 Å². The summed E-state index contributed by atoms with van der Waals surface area (Å²) in [5.41, 5.74) is 3.15. The SMILES string of the molecule is CC/C=C\C/C=C\C/C=C\C/C=C\C/C=C\CCCC(=O)NCCNC(=O)CC/C(C)=C/Cc1c(O)c2c(c(C)c1OC)COC2=O. The van der Waals surface area contributed by atoms with Crippen LogP contribution >= 0.6 is 0 Å². The van der Waals surface area contributed by atoms with Gasteiger partial charge in [-0.15, -0.1) is 0 Å². The molecule has 0 saturated heterocycles. The van der Waals surface area contributed by atoms with E-state index in [9.17, 15) is 19.5 Å². The van der Waals surface area contributed by atoms with E-state index in [4.69, 9.17) is 9.47 Å². The van der Waals surface area contributed by atoms with Gasteiger partial charge >= 0.3 is 5.97 Å². The van der Waals surface area contributed by atoms with Gasteiger partial charge in [-0.05, 0) is 77.2 Å². The van der Waals surface area contributed by atoms with E-state index in [1.807, 2.05) is 19.9 Å². The van der Waals surface area contributed by atoms with Crippen LogP contribution in [0.1, 0.15) is 105 Å². The first kappa shape index (κ1) is 38.9. The Hall–Kier alpha value is -4.33. The first-order valence-corrected chi connectivity index (χ1v) is 16.8. The molecule has 256 valence electrons. The molecule has 0 bridgehead atoms. The number of allylic oxidation sites excluding steroid dienone is 12. The van der Waals surface area contributed by atoms with Crippen molar-refractivity contribution >= 4 is 17.8 Å². The molecular formula is C39H54N2O6. The maximum atomic E-state index is 12.3. The molecular weight excluding hydrogens is 592 g/mol. The lowest BCUT2D eigenvalue weighted by molar-refractivity contribution is -0.122. The zero-order valence-corrected chi connectivity index (χ0v) is 28.7. The molecule has 1 aromatic rings. The first-order valence-electron chi connectivity index (χ1n) is 16.8. The van der Waals surface area contributed by atoms with Crippen molar-refractivity contribution in [2.24, 2.45) is 0 Å². The fourth-order valence-electron chi connectivity index (χ4n) is 5.05. The molecule has 0 spiro atoms. The number of phenolic OH excluding ortho intramolecular Hbond substituents is 1. The predicted molar refractivity (Wildman–Crippen MR) is 190 cm³/mol. The van der Waals surface area contributed by atoms with Crippen molar-refractivity contribution in [2.75, 3.05) is 20.2 Å². The topological polar surface area (TPSA) is 114 Å². The Balaban J connectivity index is 1.53. The quantitative estimate of drug-likeness (QED) is 0.0673. The summed E-state index contributed by atoms with van der Waals surface area (Å²) in [7, 11) is 1.53. The van der Waals surface area contributed by atoms with E-state index in [2.05, 4.69) is 78.3 Å². The lowest BCUT2D eigenvalue weighted by atomic mass is 9.94. The van der Waals surface area contributed by atoms with Gasteiger partial charge in [0.05, 0.1) is 7.11 Å². The number of fused-ring (bicyclic) bond motifs is 1. The normalized spacial score (nSPS) is 13.4. The number of hydrogen-bond acceptors (Lipinski definition) is 6. The van der Waals surface area contributed by atoms with E-state index in [-0.39, 0.29) is 29.7 Å². The Morgan fingerprint density at radius 1 is 0.851 bits per heavy atom. The highest BCUT2D eigenvalue weighted by molar-refractivity contribution is 5.98. The van der Waals surface area contributed by atoms with E-state index >= 15 is 0 Å². The molecule has 3 N–H and O–H groups in total. The van der Waals surface area contributed by atoms with Gasteiger partial charge in [0.15, 0.2) is 0 Å². The summed E-state index contributed by atoms with van der Waals surface area (Å²) in [5.74, 6) is -0.207. The van der Waals surface area contributed by atoms with Crippen LogP contribution < -0.4 is 15.4 Å². The second kappa shape index (κ2) is 23.1. The number of amides is 2. The van der Waals surface area contributed by atoms with E-state index in [0.29, 0.717) is 55.6 Å². The van der Waals surface area contributed by atoms with Gasteiger partial charge < -0.3 is 25.2 Å². The number of unbranched alkanes of at least 4 members (excludes halogenated alkanes) is 1. The number of hydrogen-bond donors (Lipinski definition) is 3. The number of carbonyl (C=O) groups is 3. The molecule has 1 aliphatic heterocycles. The molecule has 1 aliphatic rings. The molecule has 0 aromatic heterocycles. The predicted octanol–water partition coefficient (Wildman–Crippen LogP) is 7.80. The van der Waals surface area contributed by atoms with Crippen LogP contribution in [0.2, 0.25) is 0 Å². The Kier molecular flexibility index (Phi) is 19.1. The monoisotopic (exact) mass is 646 g/mol. The molecule has 1 heterocycles. The Morgan fingerprint density at radius 2 is 1.40 bits per heavy atom. The van der Waals surface area contributed by atoms with Crippen LogP contribution in [0.3, 0.4) is 0 Å². The molecule has 0 saturated carbocycles. The van der Waals surface area contributed by atoms with E-state index in [1.165, 1.54) is 7.11 Å². The van der Waals surface area contributed by atoms with Crippen LogP contribution in [0.5, 0.6) is 11.5 Å². The molecule has 0 radical (unpaired) electrons. The highest BCUT2D eigenvalue weighted by atomic mass is 16.5. The average Bonchev–Trinajstić information content (AvgIpc) is 3.46. The number of ether oxygens (including phenoxy) is 2. The van der Waals surface area contributed by atoms with Gasteiger partial charge in [-0.3, -0.25) is 9.59 Å². The number of carbonyl (C=O) groups excluding carboxylic acids is 3. The van der Waals surface area contributed by atoms with Crippen molar-refractivity contribution < 1.29 is 29.0 Å². The van der Waals surface area contributed by atoms with Gasteiger partial charge in [0.2, 0.25) is 11.8 Å². The lowest BCUT2D eigenvalue weighted by Crippen LogP contribution is -2.34. The summed E-state index contributed by atoms with van der Waals surface area (Å²) >= 11 is 0. The minimum absolute atomic E-state index is 0.0147. The summed E-state index contributed by atoms with van der Waals surface area (Å²) in [5, 5.41) is 16.4. The van der Waals surface area contributed by atoms with Crippen molar-refractivity contribution in [2.45, 2.75) is 98.0 Å². The average molecular weight is 647 g/mol. The molecule has 2 amide bonds. The van der Waals surface area contributed by atoms with Crippen molar-refractivity contribution in [1.29, 1.82) is 0 Å². The van der Waals surface area contributed by atoms with Crippen molar-refractivity contribution in [3.8, 4) is 11.5 Å². The first-order chi connectivity index (χ1) is 22.8. The number of nitrogens with one attached hydrogen (secondary N) is 2. The number of phenols is 1. The van der Waals surface area contributed by atoms with Crippen molar-refractivity contribution in [1.82, 2.24) is 10.6 Å². The molecule has 0 atom stereocenters. The number of rotatable bonds is 22. The zero-order valence-electron chi connectivity index (χ0n) is 28.7. The fraction of sp³-hybridized carbons (Fsp3) is 0.462. The number of benzene rings is 1. The van der Waals surface area contributed by atoms with Crippen LogP contribution in [0.25, 0.3) is 0 Å². The maximum Gasteiger partial charge on any atom is 0.342 e. The van der Waals surface area contributed by atoms with Crippen LogP contribution in [0.4, 0.5) is 0 Å². The minimum atomic E-state index is -0.528. The Bertz CT molecular complexity index is 1350. The van der Waals surface area contributed by atoms with Crippen LogP contribution in [0.15, 0.2) is 72.4 Å². The van der Waals surface area contributed by atoms with Crippen LogP contribution in [-0.2, 0) is 27.4 Å². The summed E-state index contributed by atoms with van der Waals surface area (Å²) < 4.78 is 10.6. The molecule has 8 heteroatoms. The third-order valence-electron chi connectivity index (χ3n) is 7.75. The van der Waals surface area contributed by atoms with Gasteiger partial charge in [0.1, 0.15) is 23.7 Å². The third kappa shape index (κ3) is 14.8. The molecule has 0 fully saturated rings. The van der Waals surface area contributed by atoms with Crippen molar-refractivity contribution in [3.63, 3.8) is 0 Å². The largest absolute Gasteiger partial charge is 0.507 e. The number of methoxy groups -OCH3 is 1. The maximum absolute atomic E-state index is 12.3. The summed E-state index contributed by atoms with van der Waals surface area (Å²) in [6.07, 6.45) is 31.8. The van der Waals surface area contributed by atoms with E-state index in [1.54, 1.807) is 0 Å².